The minimum Gasteiger partial charge on any atom is -0.324 e. The predicted octanol–water partition coefficient (Wildman–Crippen LogP) is 2.93. The average molecular weight is 421 g/mol. The van der Waals surface area contributed by atoms with E-state index in [4.69, 9.17) is 16.7 Å². The van der Waals surface area contributed by atoms with Crippen molar-refractivity contribution in [1.82, 2.24) is 4.90 Å². The van der Waals surface area contributed by atoms with Crippen LogP contribution in [0.2, 0.25) is 5.02 Å². The molecule has 2 amide bonds. The van der Waals surface area contributed by atoms with Gasteiger partial charge < -0.3 is 10.2 Å². The van der Waals surface area contributed by atoms with Gasteiger partial charge in [0.1, 0.15) is 0 Å². The fraction of sp³-hybridized carbons (Fsp3) is 0.316. The Balaban J connectivity index is 1.50. The third-order valence-electron chi connectivity index (χ3n) is 5.58. The van der Waals surface area contributed by atoms with E-state index in [1.807, 2.05) is 18.2 Å². The van der Waals surface area contributed by atoms with Crippen LogP contribution in [0.5, 0.6) is 0 Å². The molecule has 2 aromatic carbocycles. The van der Waals surface area contributed by atoms with Gasteiger partial charge >= 0.3 is 6.03 Å². The summed E-state index contributed by atoms with van der Waals surface area (Å²) in [5, 5.41) is 8.85. The SMILES string of the molecule is NS(=O)(=O)N1CC2(CCN(C(=O)Nc3cccc(Cl)c3)CC2)c2ccccc21. The van der Waals surface area contributed by atoms with Crippen LogP contribution in [-0.2, 0) is 15.6 Å². The van der Waals surface area contributed by atoms with Gasteiger partial charge in [-0.05, 0) is 42.7 Å². The van der Waals surface area contributed by atoms with Gasteiger partial charge in [-0.25, -0.2) is 9.93 Å². The second-order valence-corrected chi connectivity index (χ2v) is 9.18. The molecule has 2 aliphatic heterocycles. The van der Waals surface area contributed by atoms with E-state index in [-0.39, 0.29) is 11.4 Å². The second-order valence-electron chi connectivity index (χ2n) is 7.28. The molecule has 3 N–H and O–H groups in total. The number of anilines is 2. The first kappa shape index (κ1) is 19.0. The molecule has 2 heterocycles. The van der Waals surface area contributed by atoms with E-state index in [0.717, 1.165) is 5.56 Å². The molecule has 0 aliphatic carbocycles. The van der Waals surface area contributed by atoms with E-state index in [9.17, 15) is 13.2 Å². The van der Waals surface area contributed by atoms with Gasteiger partial charge in [0.05, 0.1) is 5.69 Å². The van der Waals surface area contributed by atoms with Gasteiger partial charge in [0, 0.05) is 35.8 Å². The van der Waals surface area contributed by atoms with Crippen LogP contribution in [0.3, 0.4) is 0 Å². The molecule has 2 aromatic rings. The maximum absolute atomic E-state index is 12.6. The molecule has 28 heavy (non-hydrogen) atoms. The summed E-state index contributed by atoms with van der Waals surface area (Å²) in [6.07, 6.45) is 1.33. The molecule has 0 atom stereocenters. The highest BCUT2D eigenvalue weighted by Crippen LogP contribution is 2.47. The average Bonchev–Trinajstić information content (AvgIpc) is 2.97. The molecule has 0 unspecified atom stereocenters. The Morgan fingerprint density at radius 3 is 2.50 bits per heavy atom. The summed E-state index contributed by atoms with van der Waals surface area (Å²) in [4.78, 5) is 14.3. The van der Waals surface area contributed by atoms with E-state index in [1.54, 1.807) is 35.2 Å². The first-order chi connectivity index (χ1) is 13.3. The summed E-state index contributed by atoms with van der Waals surface area (Å²) < 4.78 is 25.4. The van der Waals surface area contributed by atoms with Crippen molar-refractivity contribution in [3.05, 3.63) is 59.1 Å². The van der Waals surface area contributed by atoms with Crippen molar-refractivity contribution in [2.75, 3.05) is 29.3 Å². The lowest BCUT2D eigenvalue weighted by atomic mass is 9.74. The monoisotopic (exact) mass is 420 g/mol. The Hall–Kier alpha value is -2.29. The Bertz CT molecular complexity index is 1020. The Kier molecular flexibility index (Phi) is 4.73. The quantitative estimate of drug-likeness (QED) is 0.781. The number of nitrogens with two attached hydrogens (primary N) is 1. The summed E-state index contributed by atoms with van der Waals surface area (Å²) in [7, 11) is -3.84. The second kappa shape index (κ2) is 6.95. The highest BCUT2D eigenvalue weighted by Gasteiger charge is 2.47. The number of rotatable bonds is 2. The van der Waals surface area contributed by atoms with Crippen LogP contribution in [0.1, 0.15) is 18.4 Å². The molecule has 2 aliphatic rings. The molecule has 1 spiro atoms. The minimum absolute atomic E-state index is 0.188. The van der Waals surface area contributed by atoms with Crippen LogP contribution in [0.15, 0.2) is 48.5 Å². The third-order valence-corrected chi connectivity index (χ3v) is 6.76. The molecule has 7 nitrogen and oxygen atoms in total. The maximum atomic E-state index is 12.6. The van der Waals surface area contributed by atoms with Gasteiger partial charge in [0.25, 0.3) is 10.2 Å². The molecular formula is C19H21ClN4O3S. The number of hydrogen-bond acceptors (Lipinski definition) is 3. The van der Waals surface area contributed by atoms with Crippen molar-refractivity contribution in [2.45, 2.75) is 18.3 Å². The van der Waals surface area contributed by atoms with Crippen LogP contribution >= 0.6 is 11.6 Å². The Morgan fingerprint density at radius 1 is 1.11 bits per heavy atom. The van der Waals surface area contributed by atoms with Crippen molar-refractivity contribution in [1.29, 1.82) is 0 Å². The highest BCUT2D eigenvalue weighted by atomic mass is 35.5. The van der Waals surface area contributed by atoms with Gasteiger partial charge in [0.15, 0.2) is 0 Å². The van der Waals surface area contributed by atoms with Crippen LogP contribution in [0.4, 0.5) is 16.2 Å². The lowest BCUT2D eigenvalue weighted by molar-refractivity contribution is 0.173. The third kappa shape index (κ3) is 3.43. The van der Waals surface area contributed by atoms with Crippen molar-refractivity contribution in [2.24, 2.45) is 5.14 Å². The lowest BCUT2D eigenvalue weighted by Gasteiger charge is -2.39. The van der Waals surface area contributed by atoms with Gasteiger partial charge in [-0.2, -0.15) is 8.42 Å². The number of carbonyl (C=O) groups is 1. The smallest absolute Gasteiger partial charge is 0.321 e. The molecule has 0 radical (unpaired) electrons. The highest BCUT2D eigenvalue weighted by molar-refractivity contribution is 7.90. The molecule has 1 saturated heterocycles. The van der Waals surface area contributed by atoms with Gasteiger partial charge in [-0.15, -0.1) is 0 Å². The largest absolute Gasteiger partial charge is 0.324 e. The summed E-state index contributed by atoms with van der Waals surface area (Å²) in [5.41, 5.74) is 1.95. The van der Waals surface area contributed by atoms with Gasteiger partial charge in [-0.1, -0.05) is 35.9 Å². The molecule has 9 heteroatoms. The Labute approximate surface area is 169 Å². The van der Waals surface area contributed by atoms with E-state index < -0.39 is 10.2 Å². The molecule has 0 bridgehead atoms. The Morgan fingerprint density at radius 2 is 1.82 bits per heavy atom. The van der Waals surface area contributed by atoms with Crippen molar-refractivity contribution in [3.63, 3.8) is 0 Å². The number of nitrogens with one attached hydrogen (secondary N) is 1. The van der Waals surface area contributed by atoms with Crippen molar-refractivity contribution < 1.29 is 13.2 Å². The van der Waals surface area contributed by atoms with Gasteiger partial charge in [0.2, 0.25) is 0 Å². The zero-order valence-electron chi connectivity index (χ0n) is 15.1. The fourth-order valence-corrected chi connectivity index (χ4v) is 5.20. The molecular weight excluding hydrogens is 400 g/mol. The van der Waals surface area contributed by atoms with Gasteiger partial charge in [-0.3, -0.25) is 4.31 Å². The lowest BCUT2D eigenvalue weighted by Crippen LogP contribution is -2.49. The van der Waals surface area contributed by atoms with E-state index in [1.165, 1.54) is 4.31 Å². The number of benzene rings is 2. The number of halogens is 1. The molecule has 4 rings (SSSR count). The number of piperidine rings is 1. The number of likely N-dealkylation sites (tertiary alicyclic amines) is 1. The number of fused-ring (bicyclic) bond motifs is 2. The number of para-hydroxylation sites is 1. The number of nitrogens with zero attached hydrogens (tertiary/aromatic N) is 2. The van der Waals surface area contributed by atoms with E-state index >= 15 is 0 Å². The zero-order valence-corrected chi connectivity index (χ0v) is 16.7. The van der Waals surface area contributed by atoms with Crippen molar-refractivity contribution >= 4 is 39.2 Å². The number of amides is 2. The van der Waals surface area contributed by atoms with Crippen LogP contribution in [0, 0.1) is 0 Å². The van der Waals surface area contributed by atoms with E-state index in [0.29, 0.717) is 48.9 Å². The number of urea groups is 1. The predicted molar refractivity (Wildman–Crippen MR) is 110 cm³/mol. The maximum Gasteiger partial charge on any atom is 0.321 e. The van der Waals surface area contributed by atoms with Crippen molar-refractivity contribution in [3.8, 4) is 0 Å². The first-order valence-electron chi connectivity index (χ1n) is 9.00. The standard InChI is InChI=1S/C19H21ClN4O3S/c20-14-4-3-5-15(12-14)22-18(25)23-10-8-19(9-11-23)13-24(28(21,26)27)17-7-2-1-6-16(17)19/h1-7,12H,8-11,13H2,(H,22,25)(H2,21,26,27). The fourth-order valence-electron chi connectivity index (χ4n) is 4.15. The molecule has 1 fully saturated rings. The molecule has 148 valence electrons. The number of carbonyl (C=O) groups excluding carboxylic acids is 1. The van der Waals surface area contributed by atoms with E-state index in [2.05, 4.69) is 5.32 Å². The minimum atomic E-state index is -3.84. The topological polar surface area (TPSA) is 95.7 Å². The normalized spacial score (nSPS) is 18.2. The summed E-state index contributed by atoms with van der Waals surface area (Å²) in [5.74, 6) is 0. The summed E-state index contributed by atoms with van der Waals surface area (Å²) in [6.45, 7) is 1.37. The zero-order chi connectivity index (χ0) is 19.9. The first-order valence-corrected chi connectivity index (χ1v) is 10.9. The van der Waals surface area contributed by atoms with Crippen LogP contribution < -0.4 is 14.8 Å². The summed E-state index contributed by atoms with van der Waals surface area (Å²) >= 11 is 5.97. The van der Waals surface area contributed by atoms with Crippen LogP contribution in [0.25, 0.3) is 0 Å². The molecule has 0 aromatic heterocycles. The van der Waals surface area contributed by atoms with Crippen LogP contribution in [-0.4, -0.2) is 39.0 Å². The molecule has 0 saturated carbocycles. The number of hydrogen-bond donors (Lipinski definition) is 2. The summed E-state index contributed by atoms with van der Waals surface area (Å²) in [6, 6.07) is 14.3.